The summed E-state index contributed by atoms with van der Waals surface area (Å²) in [5, 5.41) is 10.1. The second kappa shape index (κ2) is 13.8. The zero-order chi connectivity index (χ0) is 25.1. The van der Waals surface area contributed by atoms with Crippen LogP contribution in [0, 0.1) is 0 Å². The number of nitrogens with zero attached hydrogens (tertiary/aromatic N) is 2. The number of carbonyl (C=O) groups excluding carboxylic acids is 1. The molecule has 1 heterocycles. The van der Waals surface area contributed by atoms with Crippen molar-refractivity contribution >= 4 is 5.91 Å². The number of β-amino-alcohol motifs (C(OH)–C–C–N with tert-alkyl or cyclic N) is 1. The lowest BCUT2D eigenvalue weighted by Crippen LogP contribution is -2.51. The van der Waals surface area contributed by atoms with Gasteiger partial charge in [-0.15, -0.1) is 0 Å². The molecule has 1 aromatic rings. The van der Waals surface area contributed by atoms with Gasteiger partial charge in [0.2, 0.25) is 0 Å². The van der Waals surface area contributed by atoms with Crippen LogP contribution < -0.4 is 4.74 Å². The van der Waals surface area contributed by atoms with E-state index in [9.17, 15) is 27.5 Å². The highest BCUT2D eigenvalue weighted by molar-refractivity contribution is 5.94. The van der Waals surface area contributed by atoms with Crippen LogP contribution in [0.1, 0.15) is 10.4 Å². The van der Waals surface area contributed by atoms with Crippen LogP contribution in [0.3, 0.4) is 0 Å². The minimum atomic E-state index is -4.26. The molecule has 2 atom stereocenters. The second-order valence-electron chi connectivity index (χ2n) is 7.96. The first-order chi connectivity index (χ1) is 16.2. The molecule has 8 nitrogen and oxygen atoms in total. The Morgan fingerprint density at radius 1 is 1.29 bits per heavy atom. The molecule has 0 radical (unpaired) electrons. The third-order valence-electron chi connectivity index (χ3n) is 5.23. The van der Waals surface area contributed by atoms with Crippen LogP contribution in [0.15, 0.2) is 24.3 Å². The van der Waals surface area contributed by atoms with E-state index in [0.717, 1.165) is 0 Å². The molecule has 34 heavy (non-hydrogen) atoms. The van der Waals surface area contributed by atoms with Gasteiger partial charge in [-0.05, 0) is 24.3 Å². The fourth-order valence-corrected chi connectivity index (χ4v) is 3.44. The highest BCUT2D eigenvalue weighted by atomic mass is 19.3. The van der Waals surface area contributed by atoms with Gasteiger partial charge in [0.15, 0.2) is 0 Å². The van der Waals surface area contributed by atoms with Gasteiger partial charge in [0.1, 0.15) is 12.4 Å². The Bertz CT molecular complexity index is 741. The van der Waals surface area contributed by atoms with E-state index in [4.69, 9.17) is 14.2 Å². The van der Waals surface area contributed by atoms with E-state index in [-0.39, 0.29) is 25.1 Å². The van der Waals surface area contributed by atoms with Crippen molar-refractivity contribution in [2.24, 2.45) is 0 Å². The zero-order valence-electron chi connectivity index (χ0n) is 19.3. The Kier molecular flexibility index (Phi) is 11.5. The van der Waals surface area contributed by atoms with E-state index in [1.807, 2.05) is 4.90 Å². The van der Waals surface area contributed by atoms with Gasteiger partial charge in [0.05, 0.1) is 39.1 Å². The largest absolute Gasteiger partial charge is 0.497 e. The molecular weight excluding hydrogens is 464 g/mol. The predicted octanol–water partition coefficient (Wildman–Crippen LogP) is 1.76. The molecule has 2 rings (SSSR count). The number of halogens is 4. The van der Waals surface area contributed by atoms with Crippen molar-refractivity contribution in [3.8, 4) is 5.75 Å². The molecule has 1 saturated heterocycles. The molecule has 194 valence electrons. The second-order valence-corrected chi connectivity index (χ2v) is 7.96. The molecule has 0 aromatic heterocycles. The molecule has 1 aliphatic heterocycles. The summed E-state index contributed by atoms with van der Waals surface area (Å²) in [7, 11) is 3.07. The number of ether oxygens (including phenoxy) is 4. The monoisotopic (exact) mass is 496 g/mol. The van der Waals surface area contributed by atoms with Crippen molar-refractivity contribution < 1.29 is 46.4 Å². The molecule has 0 saturated carbocycles. The van der Waals surface area contributed by atoms with Crippen molar-refractivity contribution in [1.82, 2.24) is 9.80 Å². The summed E-state index contributed by atoms with van der Waals surface area (Å²) in [6.07, 6.45) is -5.33. The normalized spacial score (nSPS) is 18.2. The minimum absolute atomic E-state index is 0.0879. The SMILES string of the molecule is COCCN(CC1CN(CC(O)COCC(F)(F)C(F)F)CCO1)C(=O)c1ccc(OC)cc1. The number of hydrogen-bond donors (Lipinski definition) is 1. The maximum absolute atomic E-state index is 13.0. The van der Waals surface area contributed by atoms with E-state index in [2.05, 4.69) is 4.74 Å². The molecular formula is C22H32F4N2O6. The van der Waals surface area contributed by atoms with E-state index in [1.54, 1.807) is 29.2 Å². The average Bonchev–Trinajstić information content (AvgIpc) is 2.81. The molecule has 0 aliphatic carbocycles. The fraction of sp³-hybridized carbons (Fsp3) is 0.682. The third kappa shape index (κ3) is 8.99. The first-order valence-electron chi connectivity index (χ1n) is 10.8. The number of rotatable bonds is 14. The van der Waals surface area contributed by atoms with Gasteiger partial charge in [-0.2, -0.15) is 8.78 Å². The number of amides is 1. The van der Waals surface area contributed by atoms with Crippen LogP contribution in [0.25, 0.3) is 0 Å². The maximum Gasteiger partial charge on any atom is 0.330 e. The average molecular weight is 496 g/mol. The number of aliphatic hydroxyl groups is 1. The summed E-state index contributed by atoms with van der Waals surface area (Å²) in [4.78, 5) is 16.5. The fourth-order valence-electron chi connectivity index (χ4n) is 3.44. The summed E-state index contributed by atoms with van der Waals surface area (Å²) >= 11 is 0. The number of hydrogen-bond acceptors (Lipinski definition) is 7. The molecule has 0 spiro atoms. The van der Waals surface area contributed by atoms with Crippen LogP contribution in [0.4, 0.5) is 17.6 Å². The number of carbonyl (C=O) groups is 1. The lowest BCUT2D eigenvalue weighted by Gasteiger charge is -2.36. The number of methoxy groups -OCH3 is 2. The quantitative estimate of drug-likeness (QED) is 0.393. The number of morpholine rings is 1. The summed E-state index contributed by atoms with van der Waals surface area (Å²) in [5.41, 5.74) is 0.484. The number of aliphatic hydroxyl groups excluding tert-OH is 1. The molecule has 0 bridgehead atoms. The third-order valence-corrected chi connectivity index (χ3v) is 5.23. The first-order valence-corrected chi connectivity index (χ1v) is 10.8. The lowest BCUT2D eigenvalue weighted by atomic mass is 10.1. The van der Waals surface area contributed by atoms with E-state index < -0.39 is 31.7 Å². The van der Waals surface area contributed by atoms with E-state index in [0.29, 0.717) is 44.2 Å². The van der Waals surface area contributed by atoms with Gasteiger partial charge in [-0.1, -0.05) is 0 Å². The Labute approximate surface area is 196 Å². The molecule has 1 aromatic carbocycles. The highest BCUT2D eigenvalue weighted by Gasteiger charge is 2.41. The van der Waals surface area contributed by atoms with Crippen LogP contribution in [0.2, 0.25) is 0 Å². The summed E-state index contributed by atoms with van der Waals surface area (Å²) < 4.78 is 70.8. The van der Waals surface area contributed by atoms with Crippen molar-refractivity contribution in [1.29, 1.82) is 0 Å². The highest BCUT2D eigenvalue weighted by Crippen LogP contribution is 2.23. The molecule has 1 fully saturated rings. The molecule has 1 amide bonds. The van der Waals surface area contributed by atoms with Crippen LogP contribution in [-0.4, -0.2) is 119 Å². The van der Waals surface area contributed by atoms with Gasteiger partial charge in [-0.25, -0.2) is 8.78 Å². The van der Waals surface area contributed by atoms with Gasteiger partial charge < -0.3 is 29.0 Å². The minimum Gasteiger partial charge on any atom is -0.497 e. The predicted molar refractivity (Wildman–Crippen MR) is 115 cm³/mol. The molecule has 12 heteroatoms. The maximum atomic E-state index is 13.0. The van der Waals surface area contributed by atoms with Gasteiger partial charge in [0.25, 0.3) is 5.91 Å². The van der Waals surface area contributed by atoms with Crippen LogP contribution in [-0.2, 0) is 14.2 Å². The summed E-state index contributed by atoms with van der Waals surface area (Å²) in [6.45, 7) is 0.275. The zero-order valence-corrected chi connectivity index (χ0v) is 19.3. The van der Waals surface area contributed by atoms with Gasteiger partial charge in [0, 0.05) is 45.4 Å². The smallest absolute Gasteiger partial charge is 0.330 e. The van der Waals surface area contributed by atoms with Crippen molar-refractivity contribution in [3.63, 3.8) is 0 Å². The Morgan fingerprint density at radius 3 is 2.62 bits per heavy atom. The Balaban J connectivity index is 1.88. The Hall–Kier alpha value is -1.99. The van der Waals surface area contributed by atoms with Crippen molar-refractivity contribution in [2.45, 2.75) is 24.6 Å². The van der Waals surface area contributed by atoms with Crippen molar-refractivity contribution in [2.75, 3.05) is 73.4 Å². The van der Waals surface area contributed by atoms with Gasteiger partial charge in [-0.3, -0.25) is 9.69 Å². The standard InChI is InChI=1S/C22H32F4N2O6/c1-31-9-8-28(20(30)16-3-5-18(32-2)6-4-16)13-19-12-27(7-10-34-19)11-17(29)14-33-15-22(25,26)21(23)24/h3-6,17,19,21,29H,7-15H2,1-2H3. The van der Waals surface area contributed by atoms with Crippen molar-refractivity contribution in [3.05, 3.63) is 29.8 Å². The number of alkyl halides is 4. The summed E-state index contributed by atoms with van der Waals surface area (Å²) in [5.74, 6) is -3.83. The summed E-state index contributed by atoms with van der Waals surface area (Å²) in [6, 6.07) is 6.73. The topological polar surface area (TPSA) is 80.7 Å². The first kappa shape index (κ1) is 28.2. The Morgan fingerprint density at radius 2 is 2.00 bits per heavy atom. The van der Waals surface area contributed by atoms with Crippen LogP contribution >= 0.6 is 0 Å². The number of benzene rings is 1. The molecule has 1 N–H and O–H groups in total. The lowest BCUT2D eigenvalue weighted by molar-refractivity contribution is -0.171. The van der Waals surface area contributed by atoms with E-state index >= 15 is 0 Å². The van der Waals surface area contributed by atoms with E-state index in [1.165, 1.54) is 14.2 Å². The molecule has 2 unspecified atom stereocenters. The van der Waals surface area contributed by atoms with Gasteiger partial charge >= 0.3 is 12.3 Å². The van der Waals surface area contributed by atoms with Crippen LogP contribution in [0.5, 0.6) is 5.75 Å². The molecule has 1 aliphatic rings.